The van der Waals surface area contributed by atoms with Gasteiger partial charge in [0.1, 0.15) is 5.65 Å². The lowest BCUT2D eigenvalue weighted by molar-refractivity contribution is 1.15. The van der Waals surface area contributed by atoms with E-state index in [1.54, 1.807) is 0 Å². The molecule has 0 aliphatic rings. The van der Waals surface area contributed by atoms with Crippen molar-refractivity contribution in [2.75, 3.05) is 0 Å². The lowest BCUT2D eigenvalue weighted by Crippen LogP contribution is -1.80. The summed E-state index contributed by atoms with van der Waals surface area (Å²) in [5.41, 5.74) is 3.57. The minimum absolute atomic E-state index is 0.998. The summed E-state index contributed by atoms with van der Waals surface area (Å²) in [6.07, 6.45) is 4.99. The maximum absolute atomic E-state index is 4.29. The first-order chi connectivity index (χ1) is 5.81. The lowest BCUT2D eigenvalue weighted by Gasteiger charge is -1.94. The first-order valence-electron chi connectivity index (χ1n) is 4.24. The van der Waals surface area contributed by atoms with Gasteiger partial charge in [0.25, 0.3) is 0 Å². The third-order valence-corrected chi connectivity index (χ3v) is 2.13. The zero-order valence-corrected chi connectivity index (χ0v) is 7.39. The van der Waals surface area contributed by atoms with Crippen LogP contribution in [-0.4, -0.2) is 9.97 Å². The molecule has 0 unspecified atom stereocenters. The molecule has 0 fully saturated rings. The first-order valence-corrected chi connectivity index (χ1v) is 4.24. The molecular formula is C10H12N2. The molecule has 2 aromatic rings. The molecule has 2 heterocycles. The minimum atomic E-state index is 0.998. The Hall–Kier alpha value is -1.31. The summed E-state index contributed by atoms with van der Waals surface area (Å²) in [5.74, 6) is 0. The second kappa shape index (κ2) is 2.63. The SMILES string of the molecule is CCc1c[nH]c2ncc(C)cc12. The summed E-state index contributed by atoms with van der Waals surface area (Å²) in [7, 11) is 0. The third-order valence-electron chi connectivity index (χ3n) is 2.13. The molecule has 2 heteroatoms. The quantitative estimate of drug-likeness (QED) is 0.682. The second-order valence-corrected chi connectivity index (χ2v) is 3.08. The lowest BCUT2D eigenvalue weighted by atomic mass is 10.1. The van der Waals surface area contributed by atoms with Gasteiger partial charge in [0.2, 0.25) is 0 Å². The van der Waals surface area contributed by atoms with Gasteiger partial charge in [0.05, 0.1) is 0 Å². The van der Waals surface area contributed by atoms with Crippen LogP contribution in [0.1, 0.15) is 18.1 Å². The van der Waals surface area contributed by atoms with Crippen molar-refractivity contribution in [3.05, 3.63) is 29.6 Å². The van der Waals surface area contributed by atoms with Gasteiger partial charge in [-0.2, -0.15) is 0 Å². The number of aryl methyl sites for hydroxylation is 2. The Morgan fingerprint density at radius 1 is 1.50 bits per heavy atom. The number of nitrogens with zero attached hydrogens (tertiary/aromatic N) is 1. The molecule has 2 nitrogen and oxygen atoms in total. The van der Waals surface area contributed by atoms with E-state index in [1.807, 2.05) is 12.4 Å². The molecule has 0 amide bonds. The van der Waals surface area contributed by atoms with Crippen molar-refractivity contribution in [2.45, 2.75) is 20.3 Å². The fraction of sp³-hybridized carbons (Fsp3) is 0.300. The van der Waals surface area contributed by atoms with E-state index in [1.165, 1.54) is 16.5 Å². The number of nitrogens with one attached hydrogen (secondary N) is 1. The molecule has 0 saturated carbocycles. The van der Waals surface area contributed by atoms with Gasteiger partial charge in [0.15, 0.2) is 0 Å². The van der Waals surface area contributed by atoms with E-state index in [-0.39, 0.29) is 0 Å². The van der Waals surface area contributed by atoms with E-state index in [9.17, 15) is 0 Å². The zero-order valence-electron chi connectivity index (χ0n) is 7.39. The van der Waals surface area contributed by atoms with E-state index in [0.29, 0.717) is 0 Å². The Morgan fingerprint density at radius 2 is 2.33 bits per heavy atom. The standard InChI is InChI=1S/C10H12N2/c1-3-8-6-12-10-9(8)4-7(2)5-11-10/h4-6H,3H2,1-2H3,(H,11,12). The first kappa shape index (κ1) is 7.35. The van der Waals surface area contributed by atoms with Gasteiger partial charge in [-0.3, -0.25) is 0 Å². The van der Waals surface area contributed by atoms with Gasteiger partial charge in [-0.25, -0.2) is 4.98 Å². The average molecular weight is 160 g/mol. The molecule has 0 aliphatic carbocycles. The Bertz CT molecular complexity index is 401. The van der Waals surface area contributed by atoms with E-state index >= 15 is 0 Å². The Kier molecular flexibility index (Phi) is 1.61. The van der Waals surface area contributed by atoms with Gasteiger partial charge in [0, 0.05) is 17.8 Å². The smallest absolute Gasteiger partial charge is 0.137 e. The van der Waals surface area contributed by atoms with E-state index in [2.05, 4.69) is 29.9 Å². The summed E-state index contributed by atoms with van der Waals surface area (Å²) in [6.45, 7) is 4.23. The maximum atomic E-state index is 4.29. The fourth-order valence-electron chi connectivity index (χ4n) is 1.45. The van der Waals surface area contributed by atoms with Crippen molar-refractivity contribution >= 4 is 11.0 Å². The summed E-state index contributed by atoms with van der Waals surface area (Å²) >= 11 is 0. The molecule has 0 atom stereocenters. The minimum Gasteiger partial charge on any atom is -0.346 e. The normalized spacial score (nSPS) is 10.8. The Morgan fingerprint density at radius 3 is 3.08 bits per heavy atom. The molecule has 0 bridgehead atoms. The number of H-pyrrole nitrogens is 1. The molecular weight excluding hydrogens is 148 g/mol. The van der Waals surface area contributed by atoms with Crippen LogP contribution < -0.4 is 0 Å². The van der Waals surface area contributed by atoms with Crippen molar-refractivity contribution < 1.29 is 0 Å². The highest BCUT2D eigenvalue weighted by molar-refractivity contribution is 5.80. The van der Waals surface area contributed by atoms with Gasteiger partial charge >= 0.3 is 0 Å². The van der Waals surface area contributed by atoms with Crippen LogP contribution in [0, 0.1) is 6.92 Å². The van der Waals surface area contributed by atoms with Gasteiger partial charge in [-0.05, 0) is 30.5 Å². The van der Waals surface area contributed by atoms with Crippen LogP contribution in [0.2, 0.25) is 0 Å². The number of hydrogen-bond acceptors (Lipinski definition) is 1. The summed E-state index contributed by atoms with van der Waals surface area (Å²) in [5, 5.41) is 1.26. The largest absolute Gasteiger partial charge is 0.346 e. The maximum Gasteiger partial charge on any atom is 0.137 e. The molecule has 0 saturated heterocycles. The van der Waals surface area contributed by atoms with Crippen molar-refractivity contribution in [3.8, 4) is 0 Å². The monoisotopic (exact) mass is 160 g/mol. The Labute approximate surface area is 71.6 Å². The van der Waals surface area contributed by atoms with Crippen LogP contribution in [0.15, 0.2) is 18.5 Å². The number of hydrogen-bond donors (Lipinski definition) is 1. The number of rotatable bonds is 1. The van der Waals surface area contributed by atoms with Crippen LogP contribution in [0.25, 0.3) is 11.0 Å². The third kappa shape index (κ3) is 0.998. The topological polar surface area (TPSA) is 28.7 Å². The van der Waals surface area contributed by atoms with E-state index < -0.39 is 0 Å². The molecule has 0 spiro atoms. The summed E-state index contributed by atoms with van der Waals surface area (Å²) in [6, 6.07) is 2.18. The van der Waals surface area contributed by atoms with Crippen LogP contribution in [0.4, 0.5) is 0 Å². The summed E-state index contributed by atoms with van der Waals surface area (Å²) in [4.78, 5) is 7.45. The van der Waals surface area contributed by atoms with Crippen molar-refractivity contribution in [3.63, 3.8) is 0 Å². The Balaban J connectivity index is 2.75. The van der Waals surface area contributed by atoms with Crippen LogP contribution in [0.3, 0.4) is 0 Å². The molecule has 62 valence electrons. The second-order valence-electron chi connectivity index (χ2n) is 3.08. The molecule has 0 radical (unpaired) electrons. The molecule has 1 N–H and O–H groups in total. The fourth-order valence-corrected chi connectivity index (χ4v) is 1.45. The number of aromatic nitrogens is 2. The molecule has 2 rings (SSSR count). The van der Waals surface area contributed by atoms with Crippen LogP contribution >= 0.6 is 0 Å². The highest BCUT2D eigenvalue weighted by Crippen LogP contribution is 2.17. The predicted molar refractivity (Wildman–Crippen MR) is 50.2 cm³/mol. The molecule has 12 heavy (non-hydrogen) atoms. The number of pyridine rings is 1. The molecule has 2 aromatic heterocycles. The van der Waals surface area contributed by atoms with Gasteiger partial charge in [-0.1, -0.05) is 6.92 Å². The molecule has 0 aliphatic heterocycles. The van der Waals surface area contributed by atoms with Crippen LogP contribution in [-0.2, 0) is 6.42 Å². The summed E-state index contributed by atoms with van der Waals surface area (Å²) < 4.78 is 0. The number of aromatic amines is 1. The van der Waals surface area contributed by atoms with Crippen molar-refractivity contribution in [1.29, 1.82) is 0 Å². The highest BCUT2D eigenvalue weighted by Gasteiger charge is 2.01. The molecule has 0 aromatic carbocycles. The average Bonchev–Trinajstić information content (AvgIpc) is 2.46. The predicted octanol–water partition coefficient (Wildman–Crippen LogP) is 2.43. The van der Waals surface area contributed by atoms with Gasteiger partial charge in [-0.15, -0.1) is 0 Å². The van der Waals surface area contributed by atoms with Gasteiger partial charge < -0.3 is 4.98 Å². The van der Waals surface area contributed by atoms with Crippen molar-refractivity contribution in [2.24, 2.45) is 0 Å². The van der Waals surface area contributed by atoms with Crippen molar-refractivity contribution in [1.82, 2.24) is 9.97 Å². The van der Waals surface area contributed by atoms with Crippen LogP contribution in [0.5, 0.6) is 0 Å². The number of fused-ring (bicyclic) bond motifs is 1. The highest BCUT2D eigenvalue weighted by atomic mass is 14.8. The van der Waals surface area contributed by atoms with E-state index in [0.717, 1.165) is 12.1 Å². The van der Waals surface area contributed by atoms with E-state index in [4.69, 9.17) is 0 Å². The zero-order chi connectivity index (χ0) is 8.55.